The average Bonchev–Trinajstić information content (AvgIpc) is 2.72. The Balaban J connectivity index is 1.46. The van der Waals surface area contributed by atoms with Crippen molar-refractivity contribution < 1.29 is 19.1 Å². The third-order valence-electron chi connectivity index (χ3n) is 4.37. The van der Waals surface area contributed by atoms with E-state index in [4.69, 9.17) is 9.47 Å². The first-order valence-electron chi connectivity index (χ1n) is 8.94. The third-order valence-corrected chi connectivity index (χ3v) is 4.37. The van der Waals surface area contributed by atoms with Crippen LogP contribution in [-0.2, 0) is 16.1 Å². The van der Waals surface area contributed by atoms with Gasteiger partial charge < -0.3 is 14.4 Å². The summed E-state index contributed by atoms with van der Waals surface area (Å²) >= 11 is 0. The molecule has 3 rings (SSSR count). The summed E-state index contributed by atoms with van der Waals surface area (Å²) in [7, 11) is 0. The Kier molecular flexibility index (Phi) is 6.25. The molecule has 26 heavy (non-hydrogen) atoms. The SMILES string of the molecule is O=C(OCC(=O)N1CCCCC1)c1ccc(COc2ccccc2)cc1. The molecule has 0 aromatic heterocycles. The maximum atomic E-state index is 12.1. The first-order chi connectivity index (χ1) is 12.7. The van der Waals surface area contributed by atoms with Gasteiger partial charge in [-0.2, -0.15) is 0 Å². The van der Waals surface area contributed by atoms with Crippen LogP contribution in [0.4, 0.5) is 0 Å². The summed E-state index contributed by atoms with van der Waals surface area (Å²) < 4.78 is 10.8. The second-order valence-electron chi connectivity index (χ2n) is 6.32. The van der Waals surface area contributed by atoms with E-state index in [2.05, 4.69) is 0 Å². The maximum Gasteiger partial charge on any atom is 0.338 e. The van der Waals surface area contributed by atoms with E-state index in [1.54, 1.807) is 17.0 Å². The normalized spacial score (nSPS) is 13.9. The van der Waals surface area contributed by atoms with Crippen molar-refractivity contribution in [2.45, 2.75) is 25.9 Å². The largest absolute Gasteiger partial charge is 0.489 e. The molecular formula is C21H23NO4. The zero-order valence-electron chi connectivity index (χ0n) is 14.7. The van der Waals surface area contributed by atoms with Gasteiger partial charge in [-0.15, -0.1) is 0 Å². The van der Waals surface area contributed by atoms with Gasteiger partial charge >= 0.3 is 5.97 Å². The van der Waals surface area contributed by atoms with Crippen molar-refractivity contribution in [3.8, 4) is 5.75 Å². The molecular weight excluding hydrogens is 330 g/mol. The molecule has 0 saturated carbocycles. The molecule has 0 aliphatic carbocycles. The van der Waals surface area contributed by atoms with Crippen LogP contribution in [0.5, 0.6) is 5.75 Å². The van der Waals surface area contributed by atoms with Crippen molar-refractivity contribution in [3.05, 3.63) is 65.7 Å². The highest BCUT2D eigenvalue weighted by Crippen LogP contribution is 2.13. The Hall–Kier alpha value is -2.82. The first kappa shape index (κ1) is 18.0. The lowest BCUT2D eigenvalue weighted by molar-refractivity contribution is -0.135. The lowest BCUT2D eigenvalue weighted by Crippen LogP contribution is -2.38. The standard InChI is InChI=1S/C21H23NO4/c23-20(22-13-5-2-6-14-22)16-26-21(24)18-11-9-17(10-12-18)15-25-19-7-3-1-4-8-19/h1,3-4,7-12H,2,5-6,13-16H2. The van der Waals surface area contributed by atoms with Gasteiger partial charge in [-0.25, -0.2) is 4.79 Å². The van der Waals surface area contributed by atoms with Gasteiger partial charge in [0.05, 0.1) is 5.56 Å². The highest BCUT2D eigenvalue weighted by Gasteiger charge is 2.18. The number of carbonyl (C=O) groups is 2. The van der Waals surface area contributed by atoms with Crippen LogP contribution in [0.25, 0.3) is 0 Å². The Morgan fingerprint density at radius 3 is 2.27 bits per heavy atom. The highest BCUT2D eigenvalue weighted by atomic mass is 16.5. The van der Waals surface area contributed by atoms with Crippen LogP contribution in [0.15, 0.2) is 54.6 Å². The summed E-state index contributed by atoms with van der Waals surface area (Å²) in [6.07, 6.45) is 3.20. The van der Waals surface area contributed by atoms with E-state index >= 15 is 0 Å². The van der Waals surface area contributed by atoms with Gasteiger partial charge in [-0.05, 0) is 49.1 Å². The van der Waals surface area contributed by atoms with E-state index in [1.165, 1.54) is 0 Å². The summed E-state index contributed by atoms with van der Waals surface area (Å²) in [5.41, 5.74) is 1.38. The van der Waals surface area contributed by atoms with Gasteiger partial charge in [-0.3, -0.25) is 4.79 Å². The van der Waals surface area contributed by atoms with Crippen LogP contribution < -0.4 is 4.74 Å². The zero-order valence-corrected chi connectivity index (χ0v) is 14.7. The van der Waals surface area contributed by atoms with Gasteiger partial charge in [0.2, 0.25) is 0 Å². The number of benzene rings is 2. The molecule has 1 amide bonds. The van der Waals surface area contributed by atoms with E-state index in [-0.39, 0.29) is 12.5 Å². The fourth-order valence-corrected chi connectivity index (χ4v) is 2.87. The summed E-state index contributed by atoms with van der Waals surface area (Å²) in [6.45, 7) is 1.74. The van der Waals surface area contributed by atoms with Crippen LogP contribution >= 0.6 is 0 Å². The molecule has 0 radical (unpaired) electrons. The number of hydrogen-bond acceptors (Lipinski definition) is 4. The van der Waals surface area contributed by atoms with E-state index < -0.39 is 5.97 Å². The minimum absolute atomic E-state index is 0.120. The number of hydrogen-bond donors (Lipinski definition) is 0. The second kappa shape index (κ2) is 9.04. The lowest BCUT2D eigenvalue weighted by atomic mass is 10.1. The Morgan fingerprint density at radius 1 is 0.885 bits per heavy atom. The summed E-state index contributed by atoms with van der Waals surface area (Å²) in [5.74, 6) is 0.198. The molecule has 2 aromatic carbocycles. The Labute approximate surface area is 153 Å². The molecule has 1 fully saturated rings. The average molecular weight is 353 g/mol. The van der Waals surface area contributed by atoms with Crippen molar-refractivity contribution in [2.75, 3.05) is 19.7 Å². The molecule has 1 heterocycles. The quantitative estimate of drug-likeness (QED) is 0.747. The number of carbonyl (C=O) groups excluding carboxylic acids is 2. The molecule has 1 saturated heterocycles. The van der Waals surface area contributed by atoms with Crippen LogP contribution in [0.1, 0.15) is 35.2 Å². The fourth-order valence-electron chi connectivity index (χ4n) is 2.87. The monoisotopic (exact) mass is 353 g/mol. The maximum absolute atomic E-state index is 12.1. The summed E-state index contributed by atoms with van der Waals surface area (Å²) in [5, 5.41) is 0. The smallest absolute Gasteiger partial charge is 0.338 e. The predicted molar refractivity (Wildman–Crippen MR) is 97.9 cm³/mol. The second-order valence-corrected chi connectivity index (χ2v) is 6.32. The molecule has 0 bridgehead atoms. The third kappa shape index (κ3) is 5.09. The number of rotatable bonds is 6. The molecule has 1 aliphatic heterocycles. The molecule has 0 spiro atoms. The number of likely N-dealkylation sites (tertiary alicyclic amines) is 1. The molecule has 0 unspecified atom stereocenters. The Bertz CT molecular complexity index is 721. The molecule has 1 aliphatic rings. The number of amides is 1. The van der Waals surface area contributed by atoms with E-state index in [1.807, 2.05) is 42.5 Å². The van der Waals surface area contributed by atoms with Crippen molar-refractivity contribution in [2.24, 2.45) is 0 Å². The van der Waals surface area contributed by atoms with Gasteiger partial charge in [-0.1, -0.05) is 30.3 Å². The summed E-state index contributed by atoms with van der Waals surface area (Å²) in [6, 6.07) is 16.6. The van der Waals surface area contributed by atoms with Crippen LogP contribution in [0.3, 0.4) is 0 Å². The Morgan fingerprint density at radius 2 is 1.58 bits per heavy atom. The number of piperidine rings is 1. The molecule has 0 atom stereocenters. The predicted octanol–water partition coefficient (Wildman–Crippen LogP) is 3.43. The van der Waals surface area contributed by atoms with Crippen molar-refractivity contribution in [3.63, 3.8) is 0 Å². The van der Waals surface area contributed by atoms with E-state index in [0.29, 0.717) is 12.2 Å². The number of nitrogens with zero attached hydrogens (tertiary/aromatic N) is 1. The molecule has 5 heteroatoms. The first-order valence-corrected chi connectivity index (χ1v) is 8.94. The molecule has 136 valence electrons. The van der Waals surface area contributed by atoms with Crippen LogP contribution in [0.2, 0.25) is 0 Å². The van der Waals surface area contributed by atoms with E-state index in [9.17, 15) is 9.59 Å². The molecule has 2 aromatic rings. The minimum Gasteiger partial charge on any atom is -0.489 e. The van der Waals surface area contributed by atoms with Crippen molar-refractivity contribution >= 4 is 11.9 Å². The van der Waals surface area contributed by atoms with Crippen molar-refractivity contribution in [1.82, 2.24) is 4.90 Å². The van der Waals surface area contributed by atoms with Crippen LogP contribution in [-0.4, -0.2) is 36.5 Å². The number of para-hydroxylation sites is 1. The fraction of sp³-hybridized carbons (Fsp3) is 0.333. The molecule has 0 N–H and O–H groups in total. The topological polar surface area (TPSA) is 55.8 Å². The lowest BCUT2D eigenvalue weighted by Gasteiger charge is -2.26. The number of ether oxygens (including phenoxy) is 2. The van der Waals surface area contributed by atoms with Gasteiger partial charge in [0, 0.05) is 13.1 Å². The minimum atomic E-state index is -0.481. The highest BCUT2D eigenvalue weighted by molar-refractivity contribution is 5.91. The van der Waals surface area contributed by atoms with Gasteiger partial charge in [0.25, 0.3) is 5.91 Å². The summed E-state index contributed by atoms with van der Waals surface area (Å²) in [4.78, 5) is 25.9. The van der Waals surface area contributed by atoms with Gasteiger partial charge in [0.15, 0.2) is 6.61 Å². The van der Waals surface area contributed by atoms with E-state index in [0.717, 1.165) is 43.7 Å². The van der Waals surface area contributed by atoms with Gasteiger partial charge in [0.1, 0.15) is 12.4 Å². The van der Waals surface area contributed by atoms with Crippen molar-refractivity contribution in [1.29, 1.82) is 0 Å². The molecule has 5 nitrogen and oxygen atoms in total. The van der Waals surface area contributed by atoms with Crippen LogP contribution in [0, 0.1) is 0 Å². The zero-order chi connectivity index (χ0) is 18.2. The number of esters is 1.